The number of aromatic nitrogens is 1. The molecule has 21 heavy (non-hydrogen) atoms. The highest BCUT2D eigenvalue weighted by Gasteiger charge is 2.05. The predicted molar refractivity (Wildman–Crippen MR) is 79.0 cm³/mol. The first-order valence-corrected chi connectivity index (χ1v) is 7.02. The van der Waals surface area contributed by atoms with Crippen LogP contribution in [0.4, 0.5) is 0 Å². The number of amides is 1. The summed E-state index contributed by atoms with van der Waals surface area (Å²) in [6, 6.07) is 9.68. The van der Waals surface area contributed by atoms with Crippen molar-refractivity contribution in [2.75, 3.05) is 6.61 Å². The Kier molecular flexibility index (Phi) is 5.37. The van der Waals surface area contributed by atoms with E-state index in [-0.39, 0.29) is 5.91 Å². The number of carbonyl (C=O) groups is 1. The molecular formula is C16H20N2O3. The molecule has 0 unspecified atom stereocenters. The largest absolute Gasteiger partial charge is 0.494 e. The van der Waals surface area contributed by atoms with Crippen LogP contribution in [0.25, 0.3) is 0 Å². The molecule has 1 aromatic heterocycles. The van der Waals surface area contributed by atoms with Crippen LogP contribution < -0.4 is 10.1 Å². The molecule has 0 aliphatic rings. The second kappa shape index (κ2) is 7.47. The van der Waals surface area contributed by atoms with Crippen molar-refractivity contribution in [3.8, 4) is 5.75 Å². The third-order valence-corrected chi connectivity index (χ3v) is 2.94. The van der Waals surface area contributed by atoms with Gasteiger partial charge < -0.3 is 14.6 Å². The first-order valence-electron chi connectivity index (χ1n) is 7.02. The Morgan fingerprint density at radius 2 is 2.19 bits per heavy atom. The minimum absolute atomic E-state index is 0.0168. The molecule has 5 heteroatoms. The van der Waals surface area contributed by atoms with Crippen molar-refractivity contribution >= 4 is 5.91 Å². The second-order valence-electron chi connectivity index (χ2n) is 4.98. The summed E-state index contributed by atoms with van der Waals surface area (Å²) in [5.41, 5.74) is 1.97. The second-order valence-corrected chi connectivity index (χ2v) is 4.98. The van der Waals surface area contributed by atoms with E-state index >= 15 is 0 Å². The first kappa shape index (κ1) is 15.1. The molecule has 1 N–H and O–H groups in total. The molecule has 2 aromatic rings. The zero-order chi connectivity index (χ0) is 15.1. The fourth-order valence-corrected chi connectivity index (χ4v) is 1.90. The Bertz CT molecular complexity index is 593. The average molecular weight is 288 g/mol. The van der Waals surface area contributed by atoms with Gasteiger partial charge in [0.25, 0.3) is 0 Å². The average Bonchev–Trinajstić information content (AvgIpc) is 2.87. The fraction of sp³-hybridized carbons (Fsp3) is 0.375. The lowest BCUT2D eigenvalue weighted by molar-refractivity contribution is -0.121. The molecule has 1 heterocycles. The van der Waals surface area contributed by atoms with Crippen molar-refractivity contribution < 1.29 is 14.1 Å². The van der Waals surface area contributed by atoms with Crippen LogP contribution in [0.2, 0.25) is 0 Å². The number of nitrogens with zero attached hydrogens (tertiary/aromatic N) is 1. The lowest BCUT2D eigenvalue weighted by atomic mass is 10.2. The third kappa shape index (κ3) is 5.30. The standard InChI is InChI=1S/C16H20N2O3/c1-12-5-3-6-14(9-12)20-8-4-7-16(19)17-11-15-10-13(2)18-21-15/h3,5-6,9-10H,4,7-8,11H2,1-2H3,(H,17,19). The van der Waals surface area contributed by atoms with Crippen molar-refractivity contribution in [1.29, 1.82) is 0 Å². The molecule has 2 rings (SSSR count). The van der Waals surface area contributed by atoms with E-state index < -0.39 is 0 Å². The summed E-state index contributed by atoms with van der Waals surface area (Å²) < 4.78 is 10.6. The van der Waals surface area contributed by atoms with Gasteiger partial charge in [-0.2, -0.15) is 0 Å². The number of carbonyl (C=O) groups excluding carboxylic acids is 1. The Morgan fingerprint density at radius 3 is 2.90 bits per heavy atom. The number of hydrogen-bond donors (Lipinski definition) is 1. The number of benzene rings is 1. The van der Waals surface area contributed by atoms with Gasteiger partial charge in [-0.05, 0) is 38.0 Å². The zero-order valence-corrected chi connectivity index (χ0v) is 12.4. The maximum Gasteiger partial charge on any atom is 0.220 e. The van der Waals surface area contributed by atoms with Crippen molar-refractivity contribution in [3.05, 3.63) is 47.3 Å². The van der Waals surface area contributed by atoms with Crippen LogP contribution in [0.3, 0.4) is 0 Å². The first-order chi connectivity index (χ1) is 10.1. The molecule has 1 amide bonds. The SMILES string of the molecule is Cc1cccc(OCCCC(=O)NCc2cc(C)no2)c1. The van der Waals surface area contributed by atoms with Gasteiger partial charge in [-0.15, -0.1) is 0 Å². The predicted octanol–water partition coefficient (Wildman–Crippen LogP) is 2.77. The quantitative estimate of drug-likeness (QED) is 0.796. The maximum absolute atomic E-state index is 11.7. The summed E-state index contributed by atoms with van der Waals surface area (Å²) in [7, 11) is 0. The lowest BCUT2D eigenvalue weighted by Crippen LogP contribution is -2.22. The molecule has 0 atom stereocenters. The monoisotopic (exact) mass is 288 g/mol. The molecule has 0 aliphatic carbocycles. The molecule has 0 bridgehead atoms. The normalized spacial score (nSPS) is 10.4. The molecule has 5 nitrogen and oxygen atoms in total. The summed E-state index contributed by atoms with van der Waals surface area (Å²) >= 11 is 0. The van der Waals surface area contributed by atoms with E-state index in [1.165, 1.54) is 0 Å². The minimum Gasteiger partial charge on any atom is -0.494 e. The van der Waals surface area contributed by atoms with E-state index in [4.69, 9.17) is 9.26 Å². The summed E-state index contributed by atoms with van der Waals surface area (Å²) in [5.74, 6) is 1.49. The minimum atomic E-state index is -0.0168. The van der Waals surface area contributed by atoms with Gasteiger partial charge in [-0.25, -0.2) is 0 Å². The smallest absolute Gasteiger partial charge is 0.220 e. The van der Waals surface area contributed by atoms with Gasteiger partial charge in [0.05, 0.1) is 18.8 Å². The van der Waals surface area contributed by atoms with Crippen LogP contribution in [-0.4, -0.2) is 17.7 Å². The van der Waals surface area contributed by atoms with E-state index in [0.717, 1.165) is 17.0 Å². The number of nitrogens with one attached hydrogen (secondary N) is 1. The van der Waals surface area contributed by atoms with Crippen molar-refractivity contribution in [3.63, 3.8) is 0 Å². The Labute approximate surface area is 124 Å². The highest BCUT2D eigenvalue weighted by molar-refractivity contribution is 5.75. The number of hydrogen-bond acceptors (Lipinski definition) is 4. The molecule has 0 spiro atoms. The number of ether oxygens (including phenoxy) is 1. The van der Waals surface area contributed by atoms with Gasteiger partial charge in [-0.1, -0.05) is 17.3 Å². The molecule has 112 valence electrons. The number of rotatable bonds is 7. The van der Waals surface area contributed by atoms with Gasteiger partial charge in [0, 0.05) is 12.5 Å². The van der Waals surface area contributed by atoms with Crippen LogP contribution in [0.15, 0.2) is 34.9 Å². The van der Waals surface area contributed by atoms with Crippen molar-refractivity contribution in [2.24, 2.45) is 0 Å². The highest BCUT2D eigenvalue weighted by Crippen LogP contribution is 2.12. The van der Waals surface area contributed by atoms with Gasteiger partial charge in [0.1, 0.15) is 5.75 Å². The summed E-state index contributed by atoms with van der Waals surface area (Å²) in [6.45, 7) is 4.76. The van der Waals surface area contributed by atoms with E-state index in [9.17, 15) is 4.79 Å². The molecule has 1 aromatic carbocycles. The Morgan fingerprint density at radius 1 is 1.33 bits per heavy atom. The molecule has 0 radical (unpaired) electrons. The number of aryl methyl sites for hydroxylation is 2. The molecular weight excluding hydrogens is 268 g/mol. The van der Waals surface area contributed by atoms with Crippen LogP contribution in [0, 0.1) is 13.8 Å². The molecule has 0 aliphatic heterocycles. The maximum atomic E-state index is 11.7. The summed E-state index contributed by atoms with van der Waals surface area (Å²) in [5, 5.41) is 6.56. The van der Waals surface area contributed by atoms with Crippen LogP contribution in [-0.2, 0) is 11.3 Å². The highest BCUT2D eigenvalue weighted by atomic mass is 16.5. The van der Waals surface area contributed by atoms with E-state index in [1.807, 2.05) is 38.1 Å². The van der Waals surface area contributed by atoms with E-state index in [2.05, 4.69) is 10.5 Å². The fourth-order valence-electron chi connectivity index (χ4n) is 1.90. The summed E-state index contributed by atoms with van der Waals surface area (Å²) in [6.07, 6.45) is 1.11. The third-order valence-electron chi connectivity index (χ3n) is 2.94. The Balaban J connectivity index is 1.61. The molecule has 0 saturated carbocycles. The van der Waals surface area contributed by atoms with Crippen molar-refractivity contribution in [1.82, 2.24) is 10.5 Å². The molecule has 0 fully saturated rings. The van der Waals surface area contributed by atoms with E-state index in [0.29, 0.717) is 31.8 Å². The van der Waals surface area contributed by atoms with Crippen molar-refractivity contribution in [2.45, 2.75) is 33.2 Å². The summed E-state index contributed by atoms with van der Waals surface area (Å²) in [4.78, 5) is 11.7. The molecule has 0 saturated heterocycles. The van der Waals surface area contributed by atoms with Gasteiger partial charge in [0.15, 0.2) is 5.76 Å². The van der Waals surface area contributed by atoms with Crippen LogP contribution in [0.5, 0.6) is 5.75 Å². The van der Waals surface area contributed by atoms with Crippen LogP contribution in [0.1, 0.15) is 29.9 Å². The van der Waals surface area contributed by atoms with E-state index in [1.54, 1.807) is 6.07 Å². The topological polar surface area (TPSA) is 64.4 Å². The Hall–Kier alpha value is -2.30. The van der Waals surface area contributed by atoms with Gasteiger partial charge >= 0.3 is 0 Å². The zero-order valence-electron chi connectivity index (χ0n) is 12.4. The van der Waals surface area contributed by atoms with Gasteiger partial charge in [-0.3, -0.25) is 4.79 Å². The van der Waals surface area contributed by atoms with Gasteiger partial charge in [0.2, 0.25) is 5.91 Å². The van der Waals surface area contributed by atoms with Crippen LogP contribution >= 0.6 is 0 Å². The lowest BCUT2D eigenvalue weighted by Gasteiger charge is -2.07.